The molecule has 2 amide bonds. The summed E-state index contributed by atoms with van der Waals surface area (Å²) in [5, 5.41) is 0.224. The molecule has 0 bridgehead atoms. The molecule has 4 aromatic carbocycles. The second kappa shape index (κ2) is 26.3. The highest BCUT2D eigenvalue weighted by Gasteiger charge is 2.35. The van der Waals surface area contributed by atoms with Crippen molar-refractivity contribution in [2.45, 2.75) is 66.7 Å². The molecule has 0 aliphatic rings. The molecule has 14 nitrogen and oxygen atoms in total. The van der Waals surface area contributed by atoms with Crippen LogP contribution in [0.1, 0.15) is 83.5 Å². The normalized spacial score (nSPS) is 11.2. The number of nitrogens with zero attached hydrogens (tertiary/aromatic N) is 4. The van der Waals surface area contributed by atoms with E-state index in [0.717, 1.165) is 56.7 Å². The maximum Gasteiger partial charge on any atom is 0.415 e. The van der Waals surface area contributed by atoms with Gasteiger partial charge >= 0.3 is 24.1 Å². The van der Waals surface area contributed by atoms with Crippen molar-refractivity contribution in [1.82, 2.24) is 9.80 Å². The SMILES string of the molecule is CCCOC(=O)N(Cc1c(F)cccc1F)c1sc(-c2ccc(NNc3ccc(-c4sc(N(Cc5c(F)cccc5F)C(=O)OCCC)c(C(=O)OCC)c4CN(C)C)cc3)cc2)c(CN(C)C)c1C(=O)OCC. The van der Waals surface area contributed by atoms with Crippen molar-refractivity contribution in [2.75, 3.05) is 75.3 Å². The summed E-state index contributed by atoms with van der Waals surface area (Å²) in [5.74, 6) is -4.88. The number of benzene rings is 4. The van der Waals surface area contributed by atoms with Gasteiger partial charge in [0.15, 0.2) is 0 Å². The van der Waals surface area contributed by atoms with Crippen LogP contribution >= 0.6 is 22.7 Å². The van der Waals surface area contributed by atoms with E-state index in [9.17, 15) is 19.2 Å². The van der Waals surface area contributed by atoms with Crippen molar-refractivity contribution in [3.05, 3.63) is 142 Å². The first-order valence-corrected chi connectivity index (χ1v) is 25.6. The molecular formula is C54H60F4N6O8S2. The molecule has 394 valence electrons. The quantitative estimate of drug-likeness (QED) is 0.0273. The number of hydrazine groups is 1. The van der Waals surface area contributed by atoms with E-state index in [1.807, 2.05) is 100 Å². The number of amides is 2. The van der Waals surface area contributed by atoms with Crippen LogP contribution in [0.2, 0.25) is 0 Å². The first-order valence-electron chi connectivity index (χ1n) is 23.9. The van der Waals surface area contributed by atoms with Crippen molar-refractivity contribution in [2.24, 2.45) is 0 Å². The Hall–Kier alpha value is -7.00. The summed E-state index contributed by atoms with van der Waals surface area (Å²) in [7, 11) is 7.30. The molecule has 6 aromatic rings. The Kier molecular flexibility index (Phi) is 20.0. The molecule has 0 spiro atoms. The average molecular weight is 1060 g/mol. The lowest BCUT2D eigenvalue weighted by atomic mass is 10.0. The van der Waals surface area contributed by atoms with E-state index in [2.05, 4.69) is 10.9 Å². The number of carbonyl (C=O) groups excluding carboxylic acids is 4. The lowest BCUT2D eigenvalue weighted by Gasteiger charge is -2.23. The van der Waals surface area contributed by atoms with Gasteiger partial charge in [0, 0.05) is 45.1 Å². The van der Waals surface area contributed by atoms with Gasteiger partial charge < -0.3 is 39.6 Å². The number of hydrogen-bond donors (Lipinski definition) is 2. The van der Waals surface area contributed by atoms with E-state index in [-0.39, 0.29) is 71.8 Å². The van der Waals surface area contributed by atoms with Gasteiger partial charge in [-0.25, -0.2) is 36.7 Å². The number of esters is 2. The van der Waals surface area contributed by atoms with Crippen molar-refractivity contribution >= 4 is 68.2 Å². The van der Waals surface area contributed by atoms with Gasteiger partial charge in [0.25, 0.3) is 0 Å². The summed E-state index contributed by atoms with van der Waals surface area (Å²) in [4.78, 5) is 62.4. The Morgan fingerprint density at radius 3 is 1.11 bits per heavy atom. The Morgan fingerprint density at radius 1 is 0.473 bits per heavy atom. The first kappa shape index (κ1) is 56.3. The number of anilines is 4. The van der Waals surface area contributed by atoms with Gasteiger partial charge in [0.1, 0.15) is 33.3 Å². The molecule has 0 atom stereocenters. The highest BCUT2D eigenvalue weighted by molar-refractivity contribution is 7.20. The molecule has 20 heteroatoms. The minimum absolute atomic E-state index is 0.0314. The summed E-state index contributed by atoms with van der Waals surface area (Å²) < 4.78 is 82.6. The van der Waals surface area contributed by atoms with E-state index in [1.54, 1.807) is 13.8 Å². The van der Waals surface area contributed by atoms with Crippen LogP contribution in [-0.2, 0) is 45.1 Å². The fourth-order valence-corrected chi connectivity index (χ4v) is 10.3. The third kappa shape index (κ3) is 13.6. The van der Waals surface area contributed by atoms with Gasteiger partial charge in [0.05, 0.1) is 62.0 Å². The molecule has 0 aliphatic heterocycles. The van der Waals surface area contributed by atoms with Crippen LogP contribution in [0.15, 0.2) is 84.9 Å². The van der Waals surface area contributed by atoms with Gasteiger partial charge in [-0.3, -0.25) is 9.80 Å². The third-order valence-electron chi connectivity index (χ3n) is 11.1. The van der Waals surface area contributed by atoms with E-state index < -0.39 is 60.5 Å². The van der Waals surface area contributed by atoms with Gasteiger partial charge in [-0.2, -0.15) is 0 Å². The summed E-state index contributed by atoms with van der Waals surface area (Å²) in [5.41, 5.74) is 9.51. The molecule has 0 saturated carbocycles. The largest absolute Gasteiger partial charge is 0.462 e. The molecule has 6 rings (SSSR count). The standard InChI is InChI=1S/C54H60F4N6O8S2/c1-9-27-71-53(67)63(31-37-41(55)15-13-16-42(37)56)49-45(51(65)69-11-3)39(29-61(5)6)47(73-49)33-19-23-35(24-20-33)59-60-36-25-21-34(22-26-36)48-40(30-62(7)8)46(52(66)70-12-4)50(74-48)64(54(68)72-28-10-2)32-38-43(57)17-14-18-44(38)58/h13-26,59-60H,9-12,27-32H2,1-8H3. The number of hydrogen-bond acceptors (Lipinski definition) is 14. The minimum atomic E-state index is -0.885. The summed E-state index contributed by atoms with van der Waals surface area (Å²) in [6, 6.07) is 21.4. The molecule has 0 aliphatic carbocycles. The van der Waals surface area contributed by atoms with Gasteiger partial charge in [-0.1, -0.05) is 50.2 Å². The second-order valence-electron chi connectivity index (χ2n) is 17.3. The molecule has 2 aromatic heterocycles. The average Bonchev–Trinajstić information content (AvgIpc) is 3.92. The highest BCUT2D eigenvalue weighted by atomic mass is 32.1. The Labute approximate surface area is 436 Å². The molecule has 0 radical (unpaired) electrons. The van der Waals surface area contributed by atoms with E-state index >= 15 is 17.6 Å². The minimum Gasteiger partial charge on any atom is -0.462 e. The zero-order valence-corrected chi connectivity index (χ0v) is 44.2. The molecule has 0 fully saturated rings. The van der Waals surface area contributed by atoms with Gasteiger partial charge in [-0.05, 0) is 115 Å². The lowest BCUT2D eigenvalue weighted by Crippen LogP contribution is -2.33. The fraction of sp³-hybridized carbons (Fsp3) is 0.333. The topological polar surface area (TPSA) is 142 Å². The maximum atomic E-state index is 15.1. The number of nitrogens with one attached hydrogen (secondary N) is 2. The van der Waals surface area contributed by atoms with E-state index in [1.165, 1.54) is 12.1 Å². The lowest BCUT2D eigenvalue weighted by molar-refractivity contribution is 0.0516. The zero-order valence-electron chi connectivity index (χ0n) is 42.5. The molecule has 2 N–H and O–H groups in total. The fourth-order valence-electron chi connectivity index (χ4n) is 7.72. The van der Waals surface area contributed by atoms with E-state index in [0.29, 0.717) is 56.2 Å². The van der Waals surface area contributed by atoms with Crippen LogP contribution in [0.25, 0.3) is 20.9 Å². The predicted octanol–water partition coefficient (Wildman–Crippen LogP) is 12.7. The molecule has 0 unspecified atom stereocenters. The van der Waals surface area contributed by atoms with Crippen LogP contribution in [0.5, 0.6) is 0 Å². The number of carbonyl (C=O) groups is 4. The number of ether oxygens (including phenoxy) is 4. The summed E-state index contributed by atoms with van der Waals surface area (Å²) >= 11 is 2.21. The molecule has 74 heavy (non-hydrogen) atoms. The van der Waals surface area contributed by atoms with Crippen LogP contribution < -0.4 is 20.7 Å². The second-order valence-corrected chi connectivity index (χ2v) is 19.3. The maximum absolute atomic E-state index is 15.1. The highest BCUT2D eigenvalue weighted by Crippen LogP contribution is 2.46. The smallest absolute Gasteiger partial charge is 0.415 e. The predicted molar refractivity (Wildman–Crippen MR) is 282 cm³/mol. The number of rotatable bonds is 23. The Bertz CT molecular complexity index is 2680. The van der Waals surface area contributed by atoms with Crippen molar-refractivity contribution in [3.63, 3.8) is 0 Å². The molecular weight excluding hydrogens is 1000 g/mol. The Balaban J connectivity index is 1.33. The summed E-state index contributed by atoms with van der Waals surface area (Å²) in [6.45, 7) is 6.44. The van der Waals surface area contributed by atoms with Crippen molar-refractivity contribution < 1.29 is 55.7 Å². The number of halogens is 4. The van der Waals surface area contributed by atoms with Gasteiger partial charge in [-0.15, -0.1) is 22.7 Å². The van der Waals surface area contributed by atoms with E-state index in [4.69, 9.17) is 18.9 Å². The van der Waals surface area contributed by atoms with Crippen LogP contribution in [0.4, 0.5) is 48.5 Å². The van der Waals surface area contributed by atoms with Crippen LogP contribution in [-0.4, -0.2) is 88.5 Å². The monoisotopic (exact) mass is 1060 g/mol. The third-order valence-corrected chi connectivity index (χ3v) is 13.7. The zero-order chi connectivity index (χ0) is 53.6. The van der Waals surface area contributed by atoms with Crippen LogP contribution in [0, 0.1) is 23.3 Å². The summed E-state index contributed by atoms with van der Waals surface area (Å²) in [6.07, 6.45) is -0.802. The van der Waals surface area contributed by atoms with Crippen molar-refractivity contribution in [3.8, 4) is 20.9 Å². The molecule has 0 saturated heterocycles. The molecule has 2 heterocycles. The van der Waals surface area contributed by atoms with Crippen LogP contribution in [0.3, 0.4) is 0 Å². The first-order chi connectivity index (χ1) is 35.5. The Morgan fingerprint density at radius 2 is 0.811 bits per heavy atom. The number of thiophene rings is 2. The van der Waals surface area contributed by atoms with Gasteiger partial charge in [0.2, 0.25) is 0 Å². The van der Waals surface area contributed by atoms with Crippen molar-refractivity contribution in [1.29, 1.82) is 0 Å².